The van der Waals surface area contributed by atoms with E-state index >= 15 is 0 Å². The summed E-state index contributed by atoms with van der Waals surface area (Å²) in [4.78, 5) is 11.1. The number of hydrogen-bond acceptors (Lipinski definition) is 2. The Kier molecular flexibility index (Phi) is 3.15. The SMILES string of the molecule is Cc1cc(C2CNCC2C(=O)O)cc(C)c1F. The fourth-order valence-corrected chi connectivity index (χ4v) is 2.48. The summed E-state index contributed by atoms with van der Waals surface area (Å²) in [5.41, 5.74) is 2.07. The molecular weight excluding hydrogens is 221 g/mol. The average Bonchev–Trinajstić information content (AvgIpc) is 2.74. The summed E-state index contributed by atoms with van der Waals surface area (Å²) in [6, 6.07) is 3.52. The molecule has 1 aromatic rings. The molecule has 1 saturated heterocycles. The molecule has 2 N–H and O–H groups in total. The topological polar surface area (TPSA) is 49.3 Å². The molecule has 0 spiro atoms. The van der Waals surface area contributed by atoms with Crippen LogP contribution in [0.15, 0.2) is 12.1 Å². The molecule has 3 nitrogen and oxygen atoms in total. The Labute approximate surface area is 99.7 Å². The van der Waals surface area contributed by atoms with E-state index in [1.54, 1.807) is 26.0 Å². The van der Waals surface area contributed by atoms with Crippen molar-refractivity contribution in [2.45, 2.75) is 19.8 Å². The quantitative estimate of drug-likeness (QED) is 0.825. The van der Waals surface area contributed by atoms with Crippen molar-refractivity contribution in [2.24, 2.45) is 5.92 Å². The maximum Gasteiger partial charge on any atom is 0.308 e. The Balaban J connectivity index is 2.37. The zero-order valence-corrected chi connectivity index (χ0v) is 9.96. The van der Waals surface area contributed by atoms with Crippen LogP contribution in [0.4, 0.5) is 4.39 Å². The Morgan fingerprint density at radius 2 is 1.94 bits per heavy atom. The second kappa shape index (κ2) is 4.45. The van der Waals surface area contributed by atoms with Gasteiger partial charge in [0.25, 0.3) is 0 Å². The summed E-state index contributed by atoms with van der Waals surface area (Å²) in [7, 11) is 0. The minimum absolute atomic E-state index is 0.0644. The molecular formula is C13H16FNO2. The molecule has 0 saturated carbocycles. The smallest absolute Gasteiger partial charge is 0.308 e. The van der Waals surface area contributed by atoms with Crippen LogP contribution in [-0.2, 0) is 4.79 Å². The fraction of sp³-hybridized carbons (Fsp3) is 0.462. The first-order valence-electron chi connectivity index (χ1n) is 5.71. The Hall–Kier alpha value is -1.42. The predicted octanol–water partition coefficient (Wildman–Crippen LogP) is 1.83. The number of carboxylic acids is 1. The van der Waals surface area contributed by atoms with Gasteiger partial charge in [-0.15, -0.1) is 0 Å². The number of hydrogen-bond donors (Lipinski definition) is 2. The molecule has 4 heteroatoms. The van der Waals surface area contributed by atoms with Crippen LogP contribution < -0.4 is 5.32 Å². The molecule has 92 valence electrons. The monoisotopic (exact) mass is 237 g/mol. The molecule has 2 atom stereocenters. The Morgan fingerprint density at radius 3 is 2.47 bits per heavy atom. The van der Waals surface area contributed by atoms with E-state index < -0.39 is 11.9 Å². The highest BCUT2D eigenvalue weighted by molar-refractivity contribution is 5.72. The van der Waals surface area contributed by atoms with Gasteiger partial charge >= 0.3 is 5.97 Å². The number of carbonyl (C=O) groups is 1. The minimum atomic E-state index is -0.792. The number of rotatable bonds is 2. The van der Waals surface area contributed by atoms with Gasteiger partial charge in [-0.1, -0.05) is 12.1 Å². The summed E-state index contributed by atoms with van der Waals surface area (Å²) in [6.45, 7) is 4.55. The van der Waals surface area contributed by atoms with E-state index in [2.05, 4.69) is 5.32 Å². The lowest BCUT2D eigenvalue weighted by Crippen LogP contribution is -2.21. The molecule has 0 radical (unpaired) electrons. The summed E-state index contributed by atoms with van der Waals surface area (Å²) < 4.78 is 13.5. The molecule has 0 aliphatic carbocycles. The van der Waals surface area contributed by atoms with Gasteiger partial charge in [-0.25, -0.2) is 4.39 Å². The number of aryl methyl sites for hydroxylation is 2. The zero-order valence-electron chi connectivity index (χ0n) is 9.96. The van der Waals surface area contributed by atoms with Gasteiger partial charge < -0.3 is 10.4 Å². The number of aliphatic carboxylic acids is 1. The molecule has 2 rings (SSSR count). The van der Waals surface area contributed by atoms with E-state index in [9.17, 15) is 9.18 Å². The van der Waals surface area contributed by atoms with Gasteiger partial charge in [0.2, 0.25) is 0 Å². The number of benzene rings is 1. The largest absolute Gasteiger partial charge is 0.481 e. The molecule has 1 heterocycles. The maximum atomic E-state index is 13.5. The molecule has 1 aromatic carbocycles. The molecule has 1 aliphatic heterocycles. The standard InChI is InChI=1S/C13H16FNO2/c1-7-3-9(4-8(2)12(7)14)10-5-15-6-11(10)13(16)17/h3-4,10-11,15H,5-6H2,1-2H3,(H,16,17). The van der Waals surface area contributed by atoms with Gasteiger partial charge in [0, 0.05) is 19.0 Å². The number of nitrogens with one attached hydrogen (secondary N) is 1. The average molecular weight is 237 g/mol. The summed E-state index contributed by atoms with van der Waals surface area (Å²) in [6.07, 6.45) is 0. The third kappa shape index (κ3) is 2.17. The first-order chi connectivity index (χ1) is 8.00. The van der Waals surface area contributed by atoms with Gasteiger partial charge in [-0.3, -0.25) is 4.79 Å². The molecule has 0 amide bonds. The van der Waals surface area contributed by atoms with Gasteiger partial charge in [-0.2, -0.15) is 0 Å². The van der Waals surface area contributed by atoms with Gasteiger partial charge in [0.15, 0.2) is 0 Å². The highest BCUT2D eigenvalue weighted by atomic mass is 19.1. The van der Waals surface area contributed by atoms with Crippen molar-refractivity contribution >= 4 is 5.97 Å². The van der Waals surface area contributed by atoms with E-state index in [1.807, 2.05) is 0 Å². The highest BCUT2D eigenvalue weighted by Gasteiger charge is 2.34. The normalized spacial score (nSPS) is 23.9. The van der Waals surface area contributed by atoms with Gasteiger partial charge in [0.05, 0.1) is 5.92 Å². The van der Waals surface area contributed by atoms with E-state index in [0.717, 1.165) is 5.56 Å². The first-order valence-corrected chi connectivity index (χ1v) is 5.71. The summed E-state index contributed by atoms with van der Waals surface area (Å²) in [5, 5.41) is 12.2. The molecule has 1 aliphatic rings. The van der Waals surface area contributed by atoms with Gasteiger partial charge in [-0.05, 0) is 30.5 Å². The molecule has 17 heavy (non-hydrogen) atoms. The lowest BCUT2D eigenvalue weighted by Gasteiger charge is -2.17. The van der Waals surface area contributed by atoms with Crippen molar-refractivity contribution in [3.05, 3.63) is 34.6 Å². The first kappa shape index (κ1) is 12.0. The zero-order chi connectivity index (χ0) is 12.6. The van der Waals surface area contributed by atoms with Crippen molar-refractivity contribution in [2.75, 3.05) is 13.1 Å². The van der Waals surface area contributed by atoms with Crippen LogP contribution in [-0.4, -0.2) is 24.2 Å². The number of carboxylic acid groups (broad SMARTS) is 1. The van der Waals surface area contributed by atoms with Crippen LogP contribution in [0.1, 0.15) is 22.6 Å². The molecule has 2 unspecified atom stereocenters. The molecule has 0 bridgehead atoms. The summed E-state index contributed by atoms with van der Waals surface area (Å²) >= 11 is 0. The van der Waals surface area contributed by atoms with E-state index in [1.165, 1.54) is 0 Å². The van der Waals surface area contributed by atoms with Crippen molar-refractivity contribution in [3.8, 4) is 0 Å². The molecule has 0 aromatic heterocycles. The fourth-order valence-electron chi connectivity index (χ4n) is 2.48. The van der Waals surface area contributed by atoms with Crippen molar-refractivity contribution in [1.82, 2.24) is 5.32 Å². The predicted molar refractivity (Wildman–Crippen MR) is 62.6 cm³/mol. The van der Waals surface area contributed by atoms with Crippen molar-refractivity contribution in [3.63, 3.8) is 0 Å². The van der Waals surface area contributed by atoms with E-state index in [0.29, 0.717) is 24.2 Å². The van der Waals surface area contributed by atoms with E-state index in [4.69, 9.17) is 5.11 Å². The minimum Gasteiger partial charge on any atom is -0.481 e. The number of halogens is 1. The van der Waals surface area contributed by atoms with Crippen LogP contribution in [0.5, 0.6) is 0 Å². The van der Waals surface area contributed by atoms with Crippen molar-refractivity contribution in [1.29, 1.82) is 0 Å². The Bertz CT molecular complexity index is 436. The third-order valence-corrected chi connectivity index (χ3v) is 3.42. The third-order valence-electron chi connectivity index (χ3n) is 3.42. The van der Waals surface area contributed by atoms with E-state index in [-0.39, 0.29) is 11.7 Å². The lowest BCUT2D eigenvalue weighted by molar-refractivity contribution is -0.141. The van der Waals surface area contributed by atoms with Crippen LogP contribution in [0.3, 0.4) is 0 Å². The highest BCUT2D eigenvalue weighted by Crippen LogP contribution is 2.30. The molecule has 1 fully saturated rings. The summed E-state index contributed by atoms with van der Waals surface area (Å²) in [5.74, 6) is -1.48. The van der Waals surface area contributed by atoms with Crippen LogP contribution in [0, 0.1) is 25.6 Å². The van der Waals surface area contributed by atoms with Crippen LogP contribution in [0.25, 0.3) is 0 Å². The van der Waals surface area contributed by atoms with Crippen molar-refractivity contribution < 1.29 is 14.3 Å². The maximum absolute atomic E-state index is 13.5. The lowest BCUT2D eigenvalue weighted by atomic mass is 9.87. The van der Waals surface area contributed by atoms with Gasteiger partial charge in [0.1, 0.15) is 5.82 Å². The Morgan fingerprint density at radius 1 is 1.35 bits per heavy atom. The van der Waals surface area contributed by atoms with Crippen LogP contribution >= 0.6 is 0 Å². The second-order valence-electron chi connectivity index (χ2n) is 4.68. The second-order valence-corrected chi connectivity index (χ2v) is 4.68. The van der Waals surface area contributed by atoms with Crippen LogP contribution in [0.2, 0.25) is 0 Å².